The highest BCUT2D eigenvalue weighted by molar-refractivity contribution is 6.05. The van der Waals surface area contributed by atoms with Gasteiger partial charge in [0.1, 0.15) is 5.69 Å². The smallest absolute Gasteiger partial charge is 0.274 e. The molecule has 0 atom stereocenters. The lowest BCUT2D eigenvalue weighted by molar-refractivity contribution is 0.0948. The van der Waals surface area contributed by atoms with Gasteiger partial charge in [0.05, 0.1) is 0 Å². The first-order valence-electron chi connectivity index (χ1n) is 8.66. The lowest BCUT2D eigenvalue weighted by Gasteiger charge is -2.13. The van der Waals surface area contributed by atoms with Gasteiger partial charge in [-0.25, -0.2) is 0 Å². The molecule has 1 aromatic carbocycles. The van der Waals surface area contributed by atoms with Crippen molar-refractivity contribution in [3.63, 3.8) is 0 Å². The van der Waals surface area contributed by atoms with E-state index in [0.29, 0.717) is 18.7 Å². The van der Waals surface area contributed by atoms with Crippen LogP contribution in [0.2, 0.25) is 0 Å². The number of rotatable bonds is 8. The van der Waals surface area contributed by atoms with Crippen LogP contribution in [-0.2, 0) is 4.74 Å². The van der Waals surface area contributed by atoms with E-state index >= 15 is 0 Å². The minimum Gasteiger partial charge on any atom is -0.385 e. The quantitative estimate of drug-likeness (QED) is 0.713. The van der Waals surface area contributed by atoms with Crippen LogP contribution in [0.15, 0.2) is 42.6 Å². The van der Waals surface area contributed by atoms with Crippen LogP contribution in [0.4, 0.5) is 5.69 Å². The number of carbonyl (C=O) groups is 2. The van der Waals surface area contributed by atoms with Gasteiger partial charge in [0, 0.05) is 37.7 Å². The highest BCUT2D eigenvalue weighted by atomic mass is 16.5. The molecule has 2 aromatic rings. The maximum Gasteiger partial charge on any atom is 0.274 e. The Morgan fingerprint density at radius 1 is 1.15 bits per heavy atom. The van der Waals surface area contributed by atoms with Crippen LogP contribution >= 0.6 is 0 Å². The zero-order valence-corrected chi connectivity index (χ0v) is 15.4. The number of carbonyl (C=O) groups excluding carboxylic acids is 2. The van der Waals surface area contributed by atoms with Crippen molar-refractivity contribution in [1.82, 2.24) is 10.3 Å². The molecule has 0 saturated heterocycles. The van der Waals surface area contributed by atoms with E-state index in [1.807, 2.05) is 24.3 Å². The first-order valence-corrected chi connectivity index (χ1v) is 8.66. The number of hydrogen-bond acceptors (Lipinski definition) is 4. The SMILES string of the molecule is COCCCNC(=O)c1ccnc(C(=O)Nc2ccccc2C(C)C)c1. The molecule has 0 aliphatic heterocycles. The standard InChI is InChI=1S/C20H25N3O3/c1-14(2)16-7-4-5-8-17(16)23-20(25)18-13-15(9-11-21-18)19(24)22-10-6-12-26-3/h4-5,7-9,11,13-14H,6,10,12H2,1-3H3,(H,22,24)(H,23,25). The van der Waals surface area contributed by atoms with E-state index in [-0.39, 0.29) is 23.4 Å². The summed E-state index contributed by atoms with van der Waals surface area (Å²) in [6.07, 6.45) is 2.19. The van der Waals surface area contributed by atoms with Crippen molar-refractivity contribution in [3.05, 3.63) is 59.4 Å². The van der Waals surface area contributed by atoms with Crippen LogP contribution in [0.3, 0.4) is 0 Å². The van der Waals surface area contributed by atoms with E-state index in [1.165, 1.54) is 12.3 Å². The molecule has 2 rings (SSSR count). The van der Waals surface area contributed by atoms with E-state index in [2.05, 4.69) is 29.5 Å². The highest BCUT2D eigenvalue weighted by Crippen LogP contribution is 2.24. The largest absolute Gasteiger partial charge is 0.385 e. The zero-order chi connectivity index (χ0) is 18.9. The summed E-state index contributed by atoms with van der Waals surface area (Å²) in [7, 11) is 1.62. The molecular weight excluding hydrogens is 330 g/mol. The summed E-state index contributed by atoms with van der Waals surface area (Å²) in [4.78, 5) is 28.8. The van der Waals surface area contributed by atoms with Crippen LogP contribution in [0, 0.1) is 0 Å². The fourth-order valence-electron chi connectivity index (χ4n) is 2.52. The van der Waals surface area contributed by atoms with Crippen molar-refractivity contribution in [2.45, 2.75) is 26.2 Å². The van der Waals surface area contributed by atoms with Crippen LogP contribution < -0.4 is 10.6 Å². The van der Waals surface area contributed by atoms with E-state index in [1.54, 1.807) is 13.2 Å². The molecule has 2 N–H and O–H groups in total. The Balaban J connectivity index is 2.07. The van der Waals surface area contributed by atoms with Crippen LogP contribution in [0.5, 0.6) is 0 Å². The van der Waals surface area contributed by atoms with Gasteiger partial charge in [0.25, 0.3) is 11.8 Å². The van der Waals surface area contributed by atoms with Crippen molar-refractivity contribution in [1.29, 1.82) is 0 Å². The number of anilines is 1. The molecule has 0 spiro atoms. The summed E-state index contributed by atoms with van der Waals surface area (Å²) in [5.41, 5.74) is 2.41. The molecule has 0 unspecified atom stereocenters. The van der Waals surface area contributed by atoms with E-state index in [0.717, 1.165) is 17.7 Å². The molecule has 0 aliphatic carbocycles. The van der Waals surface area contributed by atoms with Crippen LogP contribution in [0.25, 0.3) is 0 Å². The number of benzene rings is 1. The molecule has 26 heavy (non-hydrogen) atoms. The fourth-order valence-corrected chi connectivity index (χ4v) is 2.52. The second-order valence-corrected chi connectivity index (χ2v) is 6.23. The average molecular weight is 355 g/mol. The number of pyridine rings is 1. The van der Waals surface area contributed by atoms with Gasteiger partial charge in [0.15, 0.2) is 0 Å². The Morgan fingerprint density at radius 2 is 1.92 bits per heavy atom. The monoisotopic (exact) mass is 355 g/mol. The van der Waals surface area contributed by atoms with Gasteiger partial charge < -0.3 is 15.4 Å². The van der Waals surface area contributed by atoms with Gasteiger partial charge in [0.2, 0.25) is 0 Å². The number of hydrogen-bond donors (Lipinski definition) is 2. The average Bonchev–Trinajstić information content (AvgIpc) is 2.65. The molecule has 0 radical (unpaired) electrons. The second-order valence-electron chi connectivity index (χ2n) is 6.23. The number of nitrogens with zero attached hydrogens (tertiary/aromatic N) is 1. The Morgan fingerprint density at radius 3 is 2.65 bits per heavy atom. The number of nitrogens with one attached hydrogen (secondary N) is 2. The molecule has 1 heterocycles. The van der Waals surface area contributed by atoms with Crippen LogP contribution in [-0.4, -0.2) is 37.1 Å². The summed E-state index contributed by atoms with van der Waals surface area (Å²) >= 11 is 0. The topological polar surface area (TPSA) is 80.3 Å². The van der Waals surface area contributed by atoms with Crippen molar-refractivity contribution in [3.8, 4) is 0 Å². The molecule has 0 bridgehead atoms. The number of ether oxygens (including phenoxy) is 1. The molecule has 0 aliphatic rings. The predicted octanol–water partition coefficient (Wildman–Crippen LogP) is 3.22. The Kier molecular flexibility index (Phi) is 7.29. The summed E-state index contributed by atoms with van der Waals surface area (Å²) in [5.74, 6) is -0.295. The van der Waals surface area contributed by atoms with Gasteiger partial charge in [-0.3, -0.25) is 14.6 Å². The summed E-state index contributed by atoms with van der Waals surface area (Å²) in [6.45, 7) is 5.23. The van der Waals surface area contributed by atoms with E-state index in [4.69, 9.17) is 4.74 Å². The summed E-state index contributed by atoms with van der Waals surface area (Å²) < 4.78 is 4.95. The van der Waals surface area contributed by atoms with E-state index < -0.39 is 0 Å². The van der Waals surface area contributed by atoms with Crippen LogP contribution in [0.1, 0.15) is 52.6 Å². The first kappa shape index (κ1) is 19.6. The third-order valence-corrected chi connectivity index (χ3v) is 3.90. The Labute approximate surface area is 154 Å². The predicted molar refractivity (Wildman–Crippen MR) is 102 cm³/mol. The highest BCUT2D eigenvalue weighted by Gasteiger charge is 2.14. The molecule has 1 aromatic heterocycles. The third kappa shape index (κ3) is 5.39. The summed E-state index contributed by atoms with van der Waals surface area (Å²) in [6, 6.07) is 10.7. The molecular formula is C20H25N3O3. The summed E-state index contributed by atoms with van der Waals surface area (Å²) in [5, 5.41) is 5.68. The zero-order valence-electron chi connectivity index (χ0n) is 15.4. The first-order chi connectivity index (χ1) is 12.5. The van der Waals surface area contributed by atoms with Crippen molar-refractivity contribution >= 4 is 17.5 Å². The molecule has 2 amide bonds. The van der Waals surface area contributed by atoms with Gasteiger partial charge in [-0.05, 0) is 36.1 Å². The third-order valence-electron chi connectivity index (χ3n) is 3.90. The molecule has 6 heteroatoms. The maximum atomic E-state index is 12.5. The maximum absolute atomic E-state index is 12.5. The number of para-hydroxylation sites is 1. The number of aromatic nitrogens is 1. The van der Waals surface area contributed by atoms with Gasteiger partial charge in [-0.1, -0.05) is 32.0 Å². The molecule has 0 fully saturated rings. The molecule has 138 valence electrons. The molecule has 0 saturated carbocycles. The van der Waals surface area contributed by atoms with Gasteiger partial charge in [-0.15, -0.1) is 0 Å². The Bertz CT molecular complexity index is 759. The van der Waals surface area contributed by atoms with Crippen molar-refractivity contribution in [2.75, 3.05) is 25.6 Å². The number of amides is 2. The normalized spacial score (nSPS) is 10.6. The minimum atomic E-state index is -0.341. The van der Waals surface area contributed by atoms with Gasteiger partial charge >= 0.3 is 0 Å². The Hall–Kier alpha value is -2.73. The van der Waals surface area contributed by atoms with E-state index in [9.17, 15) is 9.59 Å². The molecule has 6 nitrogen and oxygen atoms in total. The van der Waals surface area contributed by atoms with Crippen molar-refractivity contribution < 1.29 is 14.3 Å². The number of methoxy groups -OCH3 is 1. The minimum absolute atomic E-state index is 0.202. The van der Waals surface area contributed by atoms with Gasteiger partial charge in [-0.2, -0.15) is 0 Å². The van der Waals surface area contributed by atoms with Crippen molar-refractivity contribution in [2.24, 2.45) is 0 Å². The second kappa shape index (κ2) is 9.68. The fraction of sp³-hybridized carbons (Fsp3) is 0.350. The lowest BCUT2D eigenvalue weighted by Crippen LogP contribution is -2.26. The lowest BCUT2D eigenvalue weighted by atomic mass is 10.0.